The van der Waals surface area contributed by atoms with E-state index in [0.29, 0.717) is 11.8 Å². The lowest BCUT2D eigenvalue weighted by atomic mass is 9.67. The number of likely N-dealkylation sites (N-methyl/N-ethyl adjacent to an activating group) is 1. The summed E-state index contributed by atoms with van der Waals surface area (Å²) in [5, 5.41) is 3.22. The second-order valence-corrected chi connectivity index (χ2v) is 8.08. The number of rotatable bonds is 2. The summed E-state index contributed by atoms with van der Waals surface area (Å²) in [6.07, 6.45) is 8.34. The van der Waals surface area contributed by atoms with Crippen molar-refractivity contribution in [3.63, 3.8) is 0 Å². The summed E-state index contributed by atoms with van der Waals surface area (Å²) < 4.78 is 0. The first-order chi connectivity index (χ1) is 12.1. The van der Waals surface area contributed by atoms with E-state index in [1.165, 1.54) is 12.8 Å². The van der Waals surface area contributed by atoms with E-state index in [1.807, 2.05) is 12.4 Å². The van der Waals surface area contributed by atoms with Crippen LogP contribution in [0.5, 0.6) is 0 Å². The molecule has 3 heterocycles. The van der Waals surface area contributed by atoms with Crippen molar-refractivity contribution < 1.29 is 4.79 Å². The summed E-state index contributed by atoms with van der Waals surface area (Å²) in [5.74, 6) is 2.40. The molecule has 1 aromatic heterocycles. The fourth-order valence-corrected chi connectivity index (χ4v) is 4.72. The van der Waals surface area contributed by atoms with E-state index in [2.05, 4.69) is 39.1 Å². The zero-order valence-corrected chi connectivity index (χ0v) is 15.3. The molecule has 4 unspecified atom stereocenters. The number of hydrogen-bond acceptors (Lipinski definition) is 5. The lowest BCUT2D eigenvalue weighted by molar-refractivity contribution is -0.133. The van der Waals surface area contributed by atoms with Crippen molar-refractivity contribution in [1.29, 1.82) is 0 Å². The maximum Gasteiger partial charge on any atom is 0.225 e. The number of piperidine rings is 1. The molecule has 4 rings (SSSR count). The maximum atomic E-state index is 12.5. The number of carbonyl (C=O) groups is 1. The lowest BCUT2D eigenvalue weighted by Gasteiger charge is -2.42. The van der Waals surface area contributed by atoms with E-state index < -0.39 is 0 Å². The molecule has 6 heteroatoms. The SMILES string of the molecule is CC1CCCC2C(=O)NC(c3cnc(N4CCN(C)CC4)nc3)CC12. The summed E-state index contributed by atoms with van der Waals surface area (Å²) in [4.78, 5) is 26.3. The molecule has 1 N–H and O–H groups in total. The Labute approximate surface area is 150 Å². The van der Waals surface area contributed by atoms with Crippen LogP contribution in [0.25, 0.3) is 0 Å². The summed E-state index contributed by atoms with van der Waals surface area (Å²) >= 11 is 0. The highest BCUT2D eigenvalue weighted by Gasteiger charge is 2.41. The third-order valence-corrected chi connectivity index (χ3v) is 6.43. The van der Waals surface area contributed by atoms with Crippen LogP contribution in [-0.2, 0) is 4.79 Å². The van der Waals surface area contributed by atoms with E-state index in [4.69, 9.17) is 0 Å². The monoisotopic (exact) mass is 343 g/mol. The molecule has 1 aliphatic carbocycles. The number of nitrogens with one attached hydrogen (secondary N) is 1. The van der Waals surface area contributed by atoms with Gasteiger partial charge in [-0.1, -0.05) is 19.8 Å². The van der Waals surface area contributed by atoms with E-state index >= 15 is 0 Å². The number of nitrogens with zero attached hydrogens (tertiary/aromatic N) is 4. The van der Waals surface area contributed by atoms with Gasteiger partial charge in [-0.2, -0.15) is 0 Å². The van der Waals surface area contributed by atoms with Crippen molar-refractivity contribution in [2.75, 3.05) is 38.1 Å². The highest BCUT2D eigenvalue weighted by Crippen LogP contribution is 2.43. The second kappa shape index (κ2) is 6.90. The predicted octanol–water partition coefficient (Wildman–Crippen LogP) is 1.84. The Kier molecular flexibility index (Phi) is 4.63. The first kappa shape index (κ1) is 16.8. The van der Waals surface area contributed by atoms with E-state index in [1.54, 1.807) is 0 Å². The Hall–Kier alpha value is -1.69. The second-order valence-electron chi connectivity index (χ2n) is 8.08. The minimum atomic E-state index is 0.0656. The van der Waals surface area contributed by atoms with Gasteiger partial charge in [-0.25, -0.2) is 9.97 Å². The van der Waals surface area contributed by atoms with Crippen molar-refractivity contribution >= 4 is 11.9 Å². The van der Waals surface area contributed by atoms with Gasteiger partial charge in [0.2, 0.25) is 11.9 Å². The zero-order valence-electron chi connectivity index (χ0n) is 15.3. The number of amides is 1. The molecule has 0 aromatic carbocycles. The van der Waals surface area contributed by atoms with Gasteiger partial charge in [-0.15, -0.1) is 0 Å². The maximum absolute atomic E-state index is 12.5. The predicted molar refractivity (Wildman–Crippen MR) is 97.2 cm³/mol. The largest absolute Gasteiger partial charge is 0.349 e. The third-order valence-electron chi connectivity index (χ3n) is 6.43. The molecule has 4 atom stereocenters. The third kappa shape index (κ3) is 3.36. The van der Waals surface area contributed by atoms with Gasteiger partial charge in [0.1, 0.15) is 0 Å². The molecule has 1 amide bonds. The van der Waals surface area contributed by atoms with Gasteiger partial charge in [-0.05, 0) is 31.7 Å². The average molecular weight is 343 g/mol. The fraction of sp³-hybridized carbons (Fsp3) is 0.737. The molecular weight excluding hydrogens is 314 g/mol. The number of carbonyl (C=O) groups excluding carboxylic acids is 1. The van der Waals surface area contributed by atoms with Crippen molar-refractivity contribution in [3.8, 4) is 0 Å². The lowest BCUT2D eigenvalue weighted by Crippen LogP contribution is -2.47. The smallest absolute Gasteiger partial charge is 0.225 e. The molecule has 6 nitrogen and oxygen atoms in total. The summed E-state index contributed by atoms with van der Waals surface area (Å²) in [7, 11) is 2.15. The zero-order chi connectivity index (χ0) is 17.4. The van der Waals surface area contributed by atoms with Crippen molar-refractivity contribution in [2.45, 2.75) is 38.6 Å². The first-order valence-corrected chi connectivity index (χ1v) is 9.67. The normalized spacial score (nSPS) is 33.7. The molecule has 2 aliphatic heterocycles. The van der Waals surface area contributed by atoms with Gasteiger partial charge in [0.15, 0.2) is 0 Å². The van der Waals surface area contributed by atoms with Gasteiger partial charge in [0.25, 0.3) is 0 Å². The minimum absolute atomic E-state index is 0.0656. The summed E-state index contributed by atoms with van der Waals surface area (Å²) in [6.45, 7) is 6.34. The van der Waals surface area contributed by atoms with Crippen molar-refractivity contribution in [3.05, 3.63) is 18.0 Å². The van der Waals surface area contributed by atoms with Crippen LogP contribution in [0.1, 0.15) is 44.2 Å². The number of piperazine rings is 1. The quantitative estimate of drug-likeness (QED) is 0.888. The topological polar surface area (TPSA) is 61.4 Å². The van der Waals surface area contributed by atoms with Crippen molar-refractivity contribution in [1.82, 2.24) is 20.2 Å². The van der Waals surface area contributed by atoms with Gasteiger partial charge >= 0.3 is 0 Å². The van der Waals surface area contributed by atoms with Crippen LogP contribution >= 0.6 is 0 Å². The average Bonchev–Trinajstić information content (AvgIpc) is 2.63. The van der Waals surface area contributed by atoms with Gasteiger partial charge in [-0.3, -0.25) is 4.79 Å². The molecule has 3 fully saturated rings. The van der Waals surface area contributed by atoms with Crippen LogP contribution in [0.2, 0.25) is 0 Å². The number of aromatic nitrogens is 2. The number of anilines is 1. The van der Waals surface area contributed by atoms with Gasteiger partial charge in [0, 0.05) is 50.1 Å². The minimum Gasteiger partial charge on any atom is -0.349 e. The van der Waals surface area contributed by atoms with Crippen LogP contribution in [0.3, 0.4) is 0 Å². The van der Waals surface area contributed by atoms with E-state index in [0.717, 1.165) is 50.5 Å². The standard InChI is InChI=1S/C19H29N5O/c1-13-4-3-5-15-16(13)10-17(22-18(15)25)14-11-20-19(21-12-14)24-8-6-23(2)7-9-24/h11-13,15-17H,3-10H2,1-2H3,(H,22,25). The van der Waals surface area contributed by atoms with Crippen LogP contribution in [0.4, 0.5) is 5.95 Å². The van der Waals surface area contributed by atoms with Crippen LogP contribution in [-0.4, -0.2) is 54.0 Å². The Bertz CT molecular complexity index is 611. The van der Waals surface area contributed by atoms with E-state index in [9.17, 15) is 4.79 Å². The Balaban J connectivity index is 1.46. The molecule has 1 saturated carbocycles. The summed E-state index contributed by atoms with van der Waals surface area (Å²) in [5.41, 5.74) is 1.04. The van der Waals surface area contributed by atoms with Crippen LogP contribution in [0.15, 0.2) is 12.4 Å². The fourth-order valence-electron chi connectivity index (χ4n) is 4.72. The van der Waals surface area contributed by atoms with Gasteiger partial charge in [0.05, 0.1) is 6.04 Å². The molecule has 0 spiro atoms. The molecule has 0 bridgehead atoms. The molecule has 136 valence electrons. The number of fused-ring (bicyclic) bond motifs is 1. The van der Waals surface area contributed by atoms with Crippen LogP contribution < -0.4 is 10.2 Å². The van der Waals surface area contributed by atoms with Crippen molar-refractivity contribution in [2.24, 2.45) is 17.8 Å². The van der Waals surface area contributed by atoms with Crippen LogP contribution in [0, 0.1) is 17.8 Å². The Morgan fingerprint density at radius 2 is 1.84 bits per heavy atom. The first-order valence-electron chi connectivity index (χ1n) is 9.67. The van der Waals surface area contributed by atoms with E-state index in [-0.39, 0.29) is 17.9 Å². The highest BCUT2D eigenvalue weighted by atomic mass is 16.2. The highest BCUT2D eigenvalue weighted by molar-refractivity contribution is 5.80. The summed E-state index contributed by atoms with van der Waals surface area (Å²) in [6, 6.07) is 0.0656. The molecule has 1 aromatic rings. The molecule has 0 radical (unpaired) electrons. The van der Waals surface area contributed by atoms with Gasteiger partial charge < -0.3 is 15.1 Å². The molecule has 2 saturated heterocycles. The Morgan fingerprint density at radius 1 is 1.12 bits per heavy atom. The molecule has 3 aliphatic rings. The Morgan fingerprint density at radius 3 is 2.56 bits per heavy atom. The number of hydrogen-bond donors (Lipinski definition) is 1. The molecular formula is C19H29N5O. The molecule has 25 heavy (non-hydrogen) atoms.